The van der Waals surface area contributed by atoms with E-state index < -0.39 is 17.1 Å². The van der Waals surface area contributed by atoms with Gasteiger partial charge in [0.25, 0.3) is 11.1 Å². The van der Waals surface area contributed by atoms with Gasteiger partial charge in [0, 0.05) is 13.1 Å². The Labute approximate surface area is 215 Å². The number of ether oxygens (including phenoxy) is 2. The van der Waals surface area contributed by atoms with Gasteiger partial charge < -0.3 is 14.4 Å². The summed E-state index contributed by atoms with van der Waals surface area (Å²) in [4.78, 5) is 53.2. The van der Waals surface area contributed by atoms with Crippen LogP contribution >= 0.6 is 27.7 Å². The van der Waals surface area contributed by atoms with E-state index in [1.54, 1.807) is 60.4 Å². The monoisotopic (exact) mass is 558 g/mol. The number of likely N-dealkylation sites (tertiary alicyclic amines) is 1. The van der Waals surface area contributed by atoms with E-state index in [2.05, 4.69) is 15.9 Å². The fraction of sp³-hybridized carbons (Fsp3) is 0.280. The molecule has 0 saturated carbocycles. The van der Waals surface area contributed by atoms with Crippen LogP contribution in [0.2, 0.25) is 0 Å². The molecule has 3 amide bonds. The highest BCUT2D eigenvalue weighted by atomic mass is 79.9. The lowest BCUT2D eigenvalue weighted by Crippen LogP contribution is -2.40. The van der Waals surface area contributed by atoms with Gasteiger partial charge in [-0.1, -0.05) is 18.2 Å². The molecule has 4 rings (SSSR count). The van der Waals surface area contributed by atoms with Crippen LogP contribution in [0.1, 0.15) is 35.7 Å². The summed E-state index contributed by atoms with van der Waals surface area (Å²) >= 11 is 4.21. The average molecular weight is 559 g/mol. The van der Waals surface area contributed by atoms with Gasteiger partial charge in [0.1, 0.15) is 6.54 Å². The number of benzene rings is 2. The zero-order valence-corrected chi connectivity index (χ0v) is 21.4. The lowest BCUT2D eigenvalue weighted by atomic mass is 10.1. The summed E-state index contributed by atoms with van der Waals surface area (Å²) in [6.45, 7) is 3.16. The third-order valence-corrected chi connectivity index (χ3v) is 6.96. The van der Waals surface area contributed by atoms with E-state index in [4.69, 9.17) is 9.47 Å². The summed E-state index contributed by atoms with van der Waals surface area (Å²) < 4.78 is 11.7. The Morgan fingerprint density at radius 1 is 1.11 bits per heavy atom. The second-order valence-electron chi connectivity index (χ2n) is 7.87. The number of hydrogen-bond donors (Lipinski definition) is 0. The van der Waals surface area contributed by atoms with Crippen LogP contribution in [0.15, 0.2) is 51.8 Å². The van der Waals surface area contributed by atoms with Crippen molar-refractivity contribution in [1.29, 1.82) is 0 Å². The lowest BCUT2D eigenvalue weighted by molar-refractivity contribution is -0.135. The van der Waals surface area contributed by atoms with Crippen LogP contribution < -0.4 is 9.47 Å². The molecule has 2 aromatic carbocycles. The molecule has 2 aromatic rings. The van der Waals surface area contributed by atoms with Crippen LogP contribution in [-0.4, -0.2) is 59.1 Å². The molecule has 182 valence electrons. The van der Waals surface area contributed by atoms with Gasteiger partial charge in [0.05, 0.1) is 21.5 Å². The number of rotatable bonds is 7. The minimum Gasteiger partial charge on any atom is -0.490 e. The number of hydrogen-bond acceptors (Lipinski definition) is 7. The van der Waals surface area contributed by atoms with E-state index in [-0.39, 0.29) is 23.1 Å². The van der Waals surface area contributed by atoms with E-state index in [1.165, 1.54) is 0 Å². The summed E-state index contributed by atoms with van der Waals surface area (Å²) in [5.74, 6) is -0.759. The fourth-order valence-electron chi connectivity index (χ4n) is 3.75. The predicted molar refractivity (Wildman–Crippen MR) is 135 cm³/mol. The molecule has 8 nitrogen and oxygen atoms in total. The number of esters is 1. The summed E-state index contributed by atoms with van der Waals surface area (Å²) in [5, 5.41) is -0.480. The van der Waals surface area contributed by atoms with Crippen molar-refractivity contribution in [2.45, 2.75) is 19.8 Å². The molecule has 0 aromatic heterocycles. The largest absolute Gasteiger partial charge is 0.490 e. The topological polar surface area (TPSA) is 93.2 Å². The van der Waals surface area contributed by atoms with Crippen molar-refractivity contribution in [3.05, 3.63) is 63.0 Å². The maximum Gasteiger partial charge on any atom is 0.343 e. The van der Waals surface area contributed by atoms with Gasteiger partial charge in [-0.2, -0.15) is 0 Å². The maximum atomic E-state index is 12.9. The third-order valence-electron chi connectivity index (χ3n) is 5.46. The number of carbonyl (C=O) groups is 4. The van der Waals surface area contributed by atoms with Crippen LogP contribution in [0, 0.1) is 0 Å². The Kier molecular flexibility index (Phi) is 7.92. The van der Waals surface area contributed by atoms with Crippen molar-refractivity contribution in [2.24, 2.45) is 0 Å². The molecular weight excluding hydrogens is 536 g/mol. The number of amides is 3. The van der Waals surface area contributed by atoms with Crippen molar-refractivity contribution >= 4 is 56.8 Å². The number of thioether (sulfide) groups is 1. The molecule has 0 N–H and O–H groups in total. The van der Waals surface area contributed by atoms with Crippen LogP contribution in [0.3, 0.4) is 0 Å². The van der Waals surface area contributed by atoms with E-state index in [1.807, 2.05) is 0 Å². The molecule has 0 spiro atoms. The molecule has 0 aliphatic carbocycles. The van der Waals surface area contributed by atoms with Crippen molar-refractivity contribution in [1.82, 2.24) is 9.80 Å². The maximum absolute atomic E-state index is 12.9. The molecule has 0 bridgehead atoms. The molecule has 0 radical (unpaired) electrons. The Bertz CT molecular complexity index is 1190. The van der Waals surface area contributed by atoms with Crippen molar-refractivity contribution in [2.75, 3.05) is 26.2 Å². The first-order chi connectivity index (χ1) is 16.9. The van der Waals surface area contributed by atoms with Crippen LogP contribution in [-0.2, 0) is 9.59 Å². The Balaban J connectivity index is 1.55. The van der Waals surface area contributed by atoms with Gasteiger partial charge in [-0.15, -0.1) is 0 Å². The molecule has 35 heavy (non-hydrogen) atoms. The van der Waals surface area contributed by atoms with Gasteiger partial charge >= 0.3 is 5.97 Å². The number of carbonyl (C=O) groups excluding carboxylic acids is 4. The highest BCUT2D eigenvalue weighted by molar-refractivity contribution is 9.10. The summed E-state index contributed by atoms with van der Waals surface area (Å²) in [6, 6.07) is 11.9. The normalized spacial score (nSPS) is 16.8. The summed E-state index contributed by atoms with van der Waals surface area (Å²) in [6.07, 6.45) is 3.42. The fourth-order valence-corrected chi connectivity index (χ4v) is 5.13. The SMILES string of the molecule is CCOc1cc(/C=C2\SC(=O)N(CC(=O)N3CCCC3)C2=O)cc(Br)c1OC(=O)c1ccccc1. The first-order valence-corrected chi connectivity index (χ1v) is 12.7. The van der Waals surface area contributed by atoms with Crippen molar-refractivity contribution < 1.29 is 28.7 Å². The van der Waals surface area contributed by atoms with Crippen molar-refractivity contribution in [3.63, 3.8) is 0 Å². The Morgan fingerprint density at radius 3 is 2.51 bits per heavy atom. The predicted octanol–water partition coefficient (Wildman–Crippen LogP) is 4.73. The van der Waals surface area contributed by atoms with Gasteiger partial charge in [0.2, 0.25) is 5.91 Å². The first kappa shape index (κ1) is 25.0. The number of imide groups is 1. The van der Waals surface area contributed by atoms with E-state index in [0.717, 1.165) is 29.5 Å². The standard InChI is InChI=1S/C25H23BrN2O6S/c1-2-33-19-13-16(12-18(26)22(19)34-24(31)17-8-4-3-5-9-17)14-20-23(30)28(25(32)35-20)15-21(29)27-10-6-7-11-27/h3-5,8-9,12-14H,2,6-7,10-11,15H2,1H3/b20-14-. The van der Waals surface area contributed by atoms with Gasteiger partial charge in [-0.05, 0) is 83.4 Å². The lowest BCUT2D eigenvalue weighted by Gasteiger charge is -2.18. The minimum absolute atomic E-state index is 0.201. The second kappa shape index (κ2) is 11.1. The van der Waals surface area contributed by atoms with Gasteiger partial charge in [-0.25, -0.2) is 4.79 Å². The van der Waals surface area contributed by atoms with Crippen molar-refractivity contribution in [3.8, 4) is 11.5 Å². The average Bonchev–Trinajstić information content (AvgIpc) is 3.47. The molecule has 2 saturated heterocycles. The number of nitrogens with zero attached hydrogens (tertiary/aromatic N) is 2. The first-order valence-electron chi connectivity index (χ1n) is 11.1. The Morgan fingerprint density at radius 2 is 1.83 bits per heavy atom. The summed E-state index contributed by atoms with van der Waals surface area (Å²) in [5.41, 5.74) is 0.958. The molecule has 10 heteroatoms. The third kappa shape index (κ3) is 5.76. The van der Waals surface area contributed by atoms with Crippen LogP contribution in [0.4, 0.5) is 4.79 Å². The van der Waals surface area contributed by atoms with Crippen LogP contribution in [0.5, 0.6) is 11.5 Å². The molecular formula is C25H23BrN2O6S. The molecule has 0 atom stereocenters. The Hall–Kier alpha value is -3.11. The van der Waals surface area contributed by atoms with Gasteiger partial charge in [0.15, 0.2) is 11.5 Å². The van der Waals surface area contributed by atoms with Gasteiger partial charge in [-0.3, -0.25) is 19.3 Å². The second-order valence-corrected chi connectivity index (χ2v) is 9.72. The zero-order chi connectivity index (χ0) is 24.9. The zero-order valence-electron chi connectivity index (χ0n) is 19.0. The molecule has 2 fully saturated rings. The van der Waals surface area contributed by atoms with E-state index >= 15 is 0 Å². The molecule has 0 unspecified atom stereocenters. The highest BCUT2D eigenvalue weighted by Crippen LogP contribution is 2.39. The summed E-state index contributed by atoms with van der Waals surface area (Å²) in [7, 11) is 0. The highest BCUT2D eigenvalue weighted by Gasteiger charge is 2.37. The minimum atomic E-state index is -0.538. The van der Waals surface area contributed by atoms with E-state index in [0.29, 0.717) is 41.0 Å². The van der Waals surface area contributed by atoms with E-state index in [9.17, 15) is 19.2 Å². The number of halogens is 1. The quantitative estimate of drug-likeness (QED) is 0.275. The molecule has 2 heterocycles. The van der Waals surface area contributed by atoms with Crippen LogP contribution in [0.25, 0.3) is 6.08 Å². The molecule has 2 aliphatic rings. The molecule has 2 aliphatic heterocycles. The smallest absolute Gasteiger partial charge is 0.343 e.